The van der Waals surface area contributed by atoms with Crippen LogP contribution in [-0.4, -0.2) is 47.2 Å². The van der Waals surface area contributed by atoms with Crippen LogP contribution < -0.4 is 5.32 Å². The minimum Gasteiger partial charge on any atom is -0.480 e. The molecule has 1 aliphatic heterocycles. The van der Waals surface area contributed by atoms with Gasteiger partial charge < -0.3 is 15.3 Å². The number of nitrogens with one attached hydrogen (secondary N) is 1. The zero-order valence-electron chi connectivity index (χ0n) is 12.2. The number of rotatable bonds is 6. The van der Waals surface area contributed by atoms with Gasteiger partial charge >= 0.3 is 5.97 Å². The van der Waals surface area contributed by atoms with E-state index in [1.165, 1.54) is 12.8 Å². The number of carbonyl (C=O) groups is 1. The summed E-state index contributed by atoms with van der Waals surface area (Å²) in [6, 6.07) is 0.317. The van der Waals surface area contributed by atoms with Gasteiger partial charge in [0.25, 0.3) is 0 Å². The third-order valence-electron chi connectivity index (χ3n) is 4.18. The van der Waals surface area contributed by atoms with E-state index in [2.05, 4.69) is 24.1 Å². The summed E-state index contributed by atoms with van der Waals surface area (Å²) in [6.45, 7) is 11.1. The lowest BCUT2D eigenvalue weighted by Crippen LogP contribution is -2.54. The fourth-order valence-corrected chi connectivity index (χ4v) is 2.81. The third-order valence-corrected chi connectivity index (χ3v) is 4.18. The van der Waals surface area contributed by atoms with Crippen molar-refractivity contribution in [2.45, 2.75) is 58.5 Å². The Balaban J connectivity index is 2.56. The number of aliphatic carboxylic acids is 1. The van der Waals surface area contributed by atoms with Crippen molar-refractivity contribution in [2.75, 3.05) is 19.6 Å². The van der Waals surface area contributed by atoms with Gasteiger partial charge in [-0.2, -0.15) is 0 Å². The molecule has 0 aromatic rings. The molecule has 4 heteroatoms. The van der Waals surface area contributed by atoms with Crippen molar-refractivity contribution in [3.63, 3.8) is 0 Å². The summed E-state index contributed by atoms with van der Waals surface area (Å²) in [4.78, 5) is 13.8. The van der Waals surface area contributed by atoms with E-state index in [4.69, 9.17) is 0 Å². The Bertz CT molecular complexity index is 275. The number of piperidine rings is 1. The Hall–Kier alpha value is -0.610. The Morgan fingerprint density at radius 1 is 1.50 bits per heavy atom. The van der Waals surface area contributed by atoms with Crippen molar-refractivity contribution >= 4 is 5.97 Å². The van der Waals surface area contributed by atoms with E-state index in [9.17, 15) is 9.90 Å². The average molecular weight is 256 g/mol. The van der Waals surface area contributed by atoms with Gasteiger partial charge in [-0.3, -0.25) is 4.79 Å². The summed E-state index contributed by atoms with van der Waals surface area (Å²) in [5, 5.41) is 12.5. The molecule has 0 spiro atoms. The molecular formula is C14H28N2O2. The number of likely N-dealkylation sites (tertiary alicyclic amines) is 1. The van der Waals surface area contributed by atoms with Crippen molar-refractivity contribution in [1.82, 2.24) is 10.2 Å². The highest BCUT2D eigenvalue weighted by atomic mass is 16.4. The molecule has 18 heavy (non-hydrogen) atoms. The summed E-state index contributed by atoms with van der Waals surface area (Å²) in [7, 11) is 0. The number of hydrogen-bond acceptors (Lipinski definition) is 3. The lowest BCUT2D eigenvalue weighted by Gasteiger charge is -2.38. The van der Waals surface area contributed by atoms with Crippen LogP contribution in [0.3, 0.4) is 0 Å². The molecule has 1 rings (SSSR count). The SMILES string of the molecule is CCNC(C)(CC(C)N1CCC(C)CC1)C(=O)O. The molecule has 106 valence electrons. The van der Waals surface area contributed by atoms with Gasteiger partial charge in [-0.05, 0) is 58.7 Å². The maximum absolute atomic E-state index is 11.4. The van der Waals surface area contributed by atoms with Gasteiger partial charge in [-0.1, -0.05) is 13.8 Å². The normalized spacial score (nSPS) is 23.6. The van der Waals surface area contributed by atoms with E-state index in [0.717, 1.165) is 19.0 Å². The zero-order chi connectivity index (χ0) is 13.8. The second kappa shape index (κ2) is 6.53. The molecule has 2 unspecified atom stereocenters. The van der Waals surface area contributed by atoms with Crippen molar-refractivity contribution < 1.29 is 9.90 Å². The first-order valence-corrected chi connectivity index (χ1v) is 7.11. The van der Waals surface area contributed by atoms with E-state index in [0.29, 0.717) is 19.0 Å². The van der Waals surface area contributed by atoms with E-state index >= 15 is 0 Å². The number of likely N-dealkylation sites (N-methyl/N-ethyl adjacent to an activating group) is 1. The number of nitrogens with zero attached hydrogens (tertiary/aromatic N) is 1. The smallest absolute Gasteiger partial charge is 0.323 e. The molecule has 0 aromatic carbocycles. The van der Waals surface area contributed by atoms with Gasteiger partial charge in [0.2, 0.25) is 0 Å². The highest BCUT2D eigenvalue weighted by Gasteiger charge is 2.35. The molecule has 2 N–H and O–H groups in total. The highest BCUT2D eigenvalue weighted by molar-refractivity contribution is 5.78. The molecule has 4 nitrogen and oxygen atoms in total. The number of hydrogen-bond donors (Lipinski definition) is 2. The summed E-state index contributed by atoms with van der Waals surface area (Å²) in [5.41, 5.74) is -0.808. The van der Waals surface area contributed by atoms with Gasteiger partial charge in [0.1, 0.15) is 5.54 Å². The topological polar surface area (TPSA) is 52.6 Å². The first-order chi connectivity index (χ1) is 8.39. The summed E-state index contributed by atoms with van der Waals surface area (Å²) in [6.07, 6.45) is 3.12. The minimum atomic E-state index is -0.808. The Labute approximate surface area is 111 Å². The molecule has 0 radical (unpaired) electrons. The first-order valence-electron chi connectivity index (χ1n) is 7.11. The Kier molecular flexibility index (Phi) is 5.60. The molecular weight excluding hydrogens is 228 g/mol. The van der Waals surface area contributed by atoms with Gasteiger partial charge in [0.05, 0.1) is 0 Å². The molecule has 0 amide bonds. The first kappa shape index (κ1) is 15.4. The van der Waals surface area contributed by atoms with Gasteiger partial charge in [0, 0.05) is 6.04 Å². The van der Waals surface area contributed by atoms with Crippen molar-refractivity contribution in [3.8, 4) is 0 Å². The number of carboxylic acid groups (broad SMARTS) is 1. The second-order valence-corrected chi connectivity index (χ2v) is 5.94. The van der Waals surface area contributed by atoms with E-state index in [1.54, 1.807) is 6.92 Å². The van der Waals surface area contributed by atoms with Crippen LogP contribution >= 0.6 is 0 Å². The van der Waals surface area contributed by atoms with Crippen LogP contribution in [0.25, 0.3) is 0 Å². The molecule has 1 aliphatic rings. The quantitative estimate of drug-likeness (QED) is 0.762. The van der Waals surface area contributed by atoms with Crippen LogP contribution in [0, 0.1) is 5.92 Å². The van der Waals surface area contributed by atoms with Crippen molar-refractivity contribution in [1.29, 1.82) is 0 Å². The lowest BCUT2D eigenvalue weighted by molar-refractivity contribution is -0.145. The molecule has 1 heterocycles. The Morgan fingerprint density at radius 2 is 2.06 bits per heavy atom. The summed E-state index contributed by atoms with van der Waals surface area (Å²) in [5.74, 6) is 0.0645. The molecule has 1 saturated heterocycles. The van der Waals surface area contributed by atoms with E-state index in [-0.39, 0.29) is 0 Å². The third kappa shape index (κ3) is 3.95. The second-order valence-electron chi connectivity index (χ2n) is 5.94. The van der Waals surface area contributed by atoms with Crippen LogP contribution in [0.15, 0.2) is 0 Å². The summed E-state index contributed by atoms with van der Waals surface area (Å²) < 4.78 is 0. The molecule has 0 aromatic heterocycles. The van der Waals surface area contributed by atoms with E-state index in [1.807, 2.05) is 6.92 Å². The number of carboxylic acids is 1. The van der Waals surface area contributed by atoms with Crippen molar-refractivity contribution in [2.24, 2.45) is 5.92 Å². The highest BCUT2D eigenvalue weighted by Crippen LogP contribution is 2.22. The van der Waals surface area contributed by atoms with Gasteiger partial charge in [-0.15, -0.1) is 0 Å². The zero-order valence-corrected chi connectivity index (χ0v) is 12.2. The predicted octanol–water partition coefficient (Wildman–Crippen LogP) is 1.95. The van der Waals surface area contributed by atoms with Gasteiger partial charge in [0.15, 0.2) is 0 Å². The summed E-state index contributed by atoms with van der Waals surface area (Å²) >= 11 is 0. The molecule has 0 aliphatic carbocycles. The van der Waals surface area contributed by atoms with Crippen LogP contribution in [0.4, 0.5) is 0 Å². The predicted molar refractivity (Wildman–Crippen MR) is 73.8 cm³/mol. The van der Waals surface area contributed by atoms with Gasteiger partial charge in [-0.25, -0.2) is 0 Å². The fraction of sp³-hybridized carbons (Fsp3) is 0.929. The van der Waals surface area contributed by atoms with Crippen LogP contribution in [-0.2, 0) is 4.79 Å². The van der Waals surface area contributed by atoms with Crippen molar-refractivity contribution in [3.05, 3.63) is 0 Å². The Morgan fingerprint density at radius 3 is 2.50 bits per heavy atom. The standard InChI is InChI=1S/C14H28N2O2/c1-5-15-14(4,13(17)18)10-12(3)16-8-6-11(2)7-9-16/h11-12,15H,5-10H2,1-4H3,(H,17,18). The maximum atomic E-state index is 11.4. The monoisotopic (exact) mass is 256 g/mol. The minimum absolute atomic E-state index is 0.317. The van der Waals surface area contributed by atoms with E-state index < -0.39 is 11.5 Å². The van der Waals surface area contributed by atoms with Crippen LogP contribution in [0.5, 0.6) is 0 Å². The van der Waals surface area contributed by atoms with Crippen LogP contribution in [0.1, 0.15) is 47.0 Å². The largest absolute Gasteiger partial charge is 0.480 e. The molecule has 0 bridgehead atoms. The average Bonchev–Trinajstić information content (AvgIpc) is 2.29. The lowest BCUT2D eigenvalue weighted by atomic mass is 9.90. The molecule has 2 atom stereocenters. The molecule has 0 saturated carbocycles. The molecule has 1 fully saturated rings. The fourth-order valence-electron chi connectivity index (χ4n) is 2.81. The van der Waals surface area contributed by atoms with Crippen LogP contribution in [0.2, 0.25) is 0 Å². The maximum Gasteiger partial charge on any atom is 0.323 e.